The molecule has 6 nitrogen and oxygen atoms in total. The van der Waals surface area contributed by atoms with Crippen molar-refractivity contribution in [3.8, 4) is 5.75 Å². The average Bonchev–Trinajstić information content (AvgIpc) is 3.14. The highest BCUT2D eigenvalue weighted by atomic mass is 32.1. The summed E-state index contributed by atoms with van der Waals surface area (Å²) in [6.45, 7) is 1.56. The van der Waals surface area contributed by atoms with Gasteiger partial charge in [-0.25, -0.2) is 9.78 Å². The highest BCUT2D eigenvalue weighted by Gasteiger charge is 2.22. The van der Waals surface area contributed by atoms with Crippen molar-refractivity contribution < 1.29 is 19.1 Å². The van der Waals surface area contributed by atoms with Gasteiger partial charge >= 0.3 is 5.97 Å². The van der Waals surface area contributed by atoms with Crippen molar-refractivity contribution in [3.63, 3.8) is 0 Å². The summed E-state index contributed by atoms with van der Waals surface area (Å²) >= 11 is 1.55. The molecule has 0 radical (unpaired) electrons. The van der Waals surface area contributed by atoms with Gasteiger partial charge < -0.3 is 14.4 Å². The van der Waals surface area contributed by atoms with Gasteiger partial charge in [0.2, 0.25) is 0 Å². The standard InChI is InChI=1S/C20H20N2O4S/c1-13(19-21-15-9-5-7-11-17(15)27-19)22(2)18(23)12-26-20(24)14-8-4-6-10-16(14)25-3/h4-11,13H,12H2,1-3H3/t13-/m0/s1. The molecule has 0 N–H and O–H groups in total. The molecule has 0 unspecified atom stereocenters. The van der Waals surface area contributed by atoms with Gasteiger partial charge in [0, 0.05) is 7.05 Å². The maximum atomic E-state index is 12.5. The molecule has 0 saturated carbocycles. The second kappa shape index (κ2) is 8.18. The summed E-state index contributed by atoms with van der Waals surface area (Å²) in [5, 5.41) is 0.836. The van der Waals surface area contributed by atoms with E-state index in [-0.39, 0.29) is 24.1 Å². The van der Waals surface area contributed by atoms with Gasteiger partial charge in [-0.2, -0.15) is 0 Å². The first-order valence-electron chi connectivity index (χ1n) is 8.42. The van der Waals surface area contributed by atoms with Crippen LogP contribution in [0.3, 0.4) is 0 Å². The number of ether oxygens (including phenoxy) is 2. The minimum Gasteiger partial charge on any atom is -0.496 e. The number of amides is 1. The third kappa shape index (κ3) is 4.09. The summed E-state index contributed by atoms with van der Waals surface area (Å²) in [5.74, 6) is -0.488. The van der Waals surface area contributed by atoms with Crippen molar-refractivity contribution in [2.24, 2.45) is 0 Å². The summed E-state index contributed by atoms with van der Waals surface area (Å²) in [5.41, 5.74) is 1.20. The molecule has 27 heavy (non-hydrogen) atoms. The number of methoxy groups -OCH3 is 1. The fraction of sp³-hybridized carbons (Fsp3) is 0.250. The molecular weight excluding hydrogens is 364 g/mol. The molecule has 1 heterocycles. The summed E-state index contributed by atoms with van der Waals surface area (Å²) < 4.78 is 11.4. The van der Waals surface area contributed by atoms with Crippen LogP contribution in [0.1, 0.15) is 28.3 Å². The average molecular weight is 384 g/mol. The van der Waals surface area contributed by atoms with Crippen LogP contribution in [0.25, 0.3) is 10.2 Å². The Labute approximate surface area is 161 Å². The molecule has 1 atom stereocenters. The first-order chi connectivity index (χ1) is 13.0. The quantitative estimate of drug-likeness (QED) is 0.607. The second-order valence-electron chi connectivity index (χ2n) is 5.98. The van der Waals surface area contributed by atoms with E-state index < -0.39 is 5.97 Å². The summed E-state index contributed by atoms with van der Waals surface area (Å²) in [6.07, 6.45) is 0. The second-order valence-corrected chi connectivity index (χ2v) is 7.04. The number of hydrogen-bond donors (Lipinski definition) is 0. The van der Waals surface area contributed by atoms with Gasteiger partial charge in [0.15, 0.2) is 6.61 Å². The lowest BCUT2D eigenvalue weighted by Gasteiger charge is -2.23. The molecular formula is C20H20N2O4S. The van der Waals surface area contributed by atoms with Crippen LogP contribution in [-0.4, -0.2) is 42.5 Å². The molecule has 0 spiro atoms. The Morgan fingerprint density at radius 3 is 2.59 bits per heavy atom. The van der Waals surface area contributed by atoms with E-state index in [1.807, 2.05) is 31.2 Å². The number of rotatable bonds is 6. The molecule has 3 aromatic rings. The monoisotopic (exact) mass is 384 g/mol. The number of likely N-dealkylation sites (N-methyl/N-ethyl adjacent to an activating group) is 1. The summed E-state index contributed by atoms with van der Waals surface area (Å²) in [4.78, 5) is 30.8. The molecule has 2 aromatic carbocycles. The number of nitrogens with zero attached hydrogens (tertiary/aromatic N) is 2. The van der Waals surface area contributed by atoms with Crippen molar-refractivity contribution in [3.05, 3.63) is 59.1 Å². The molecule has 1 aromatic heterocycles. The van der Waals surface area contributed by atoms with Gasteiger partial charge in [-0.05, 0) is 31.2 Å². The van der Waals surface area contributed by atoms with Crippen molar-refractivity contribution >= 4 is 33.4 Å². The van der Waals surface area contributed by atoms with Crippen molar-refractivity contribution in [2.75, 3.05) is 20.8 Å². The van der Waals surface area contributed by atoms with E-state index in [1.165, 1.54) is 12.0 Å². The van der Waals surface area contributed by atoms with Gasteiger partial charge in [-0.3, -0.25) is 4.79 Å². The number of esters is 1. The fourth-order valence-electron chi connectivity index (χ4n) is 2.57. The number of aromatic nitrogens is 1. The maximum Gasteiger partial charge on any atom is 0.342 e. The predicted molar refractivity (Wildman–Crippen MR) is 104 cm³/mol. The predicted octanol–water partition coefficient (Wildman–Crippen LogP) is 3.68. The minimum atomic E-state index is -0.596. The third-order valence-electron chi connectivity index (χ3n) is 4.30. The molecule has 1 amide bonds. The minimum absolute atomic E-state index is 0.222. The highest BCUT2D eigenvalue weighted by Crippen LogP contribution is 2.28. The number of fused-ring (bicyclic) bond motifs is 1. The molecule has 0 saturated heterocycles. The number of benzene rings is 2. The zero-order chi connectivity index (χ0) is 19.4. The van der Waals surface area contributed by atoms with Crippen LogP contribution in [0.2, 0.25) is 0 Å². The van der Waals surface area contributed by atoms with Gasteiger partial charge in [0.25, 0.3) is 5.91 Å². The van der Waals surface area contributed by atoms with Crippen LogP contribution in [-0.2, 0) is 9.53 Å². The van der Waals surface area contributed by atoms with Gasteiger partial charge in [0.05, 0.1) is 23.4 Å². The van der Waals surface area contributed by atoms with Crippen molar-refractivity contribution in [1.29, 1.82) is 0 Å². The van der Waals surface area contributed by atoms with Crippen LogP contribution >= 0.6 is 11.3 Å². The number of carbonyl (C=O) groups is 2. The van der Waals surface area contributed by atoms with E-state index in [4.69, 9.17) is 9.47 Å². The zero-order valence-electron chi connectivity index (χ0n) is 15.3. The molecule has 0 bridgehead atoms. The van der Waals surface area contributed by atoms with E-state index >= 15 is 0 Å². The Balaban J connectivity index is 1.64. The van der Waals surface area contributed by atoms with E-state index in [0.29, 0.717) is 5.75 Å². The molecule has 0 fully saturated rings. The van der Waals surface area contributed by atoms with Gasteiger partial charge in [-0.1, -0.05) is 24.3 Å². The Bertz CT molecular complexity index is 936. The number of para-hydroxylation sites is 2. The van der Waals surface area contributed by atoms with Gasteiger partial charge in [-0.15, -0.1) is 11.3 Å². The molecule has 140 valence electrons. The Hall–Kier alpha value is -2.93. The zero-order valence-corrected chi connectivity index (χ0v) is 16.2. The number of carbonyl (C=O) groups excluding carboxylic acids is 2. The number of thiazole rings is 1. The van der Waals surface area contributed by atoms with Crippen LogP contribution in [0.5, 0.6) is 5.75 Å². The first kappa shape index (κ1) is 18.8. The Morgan fingerprint density at radius 1 is 1.15 bits per heavy atom. The smallest absolute Gasteiger partial charge is 0.342 e. The van der Waals surface area contributed by atoms with Crippen LogP contribution in [0, 0.1) is 0 Å². The summed E-state index contributed by atoms with van der Waals surface area (Å²) in [7, 11) is 3.15. The van der Waals surface area contributed by atoms with E-state index in [1.54, 1.807) is 42.6 Å². The maximum absolute atomic E-state index is 12.5. The SMILES string of the molecule is COc1ccccc1C(=O)OCC(=O)N(C)[C@@H](C)c1nc2ccccc2s1. The third-order valence-corrected chi connectivity index (χ3v) is 5.50. The lowest BCUT2D eigenvalue weighted by Crippen LogP contribution is -2.33. The first-order valence-corrected chi connectivity index (χ1v) is 9.24. The Kier molecular flexibility index (Phi) is 5.71. The lowest BCUT2D eigenvalue weighted by molar-refractivity contribution is -0.135. The fourth-order valence-corrected chi connectivity index (χ4v) is 3.63. The molecule has 7 heteroatoms. The lowest BCUT2D eigenvalue weighted by atomic mass is 10.2. The van der Waals surface area contributed by atoms with E-state index in [2.05, 4.69) is 4.98 Å². The topological polar surface area (TPSA) is 68.7 Å². The van der Waals surface area contributed by atoms with E-state index in [9.17, 15) is 9.59 Å². The molecule has 0 aliphatic carbocycles. The van der Waals surface area contributed by atoms with Crippen LogP contribution in [0.15, 0.2) is 48.5 Å². The van der Waals surface area contributed by atoms with Crippen LogP contribution in [0.4, 0.5) is 0 Å². The van der Waals surface area contributed by atoms with E-state index in [0.717, 1.165) is 15.2 Å². The largest absolute Gasteiger partial charge is 0.496 e. The summed E-state index contributed by atoms with van der Waals surface area (Å²) in [6, 6.07) is 14.3. The Morgan fingerprint density at radius 2 is 1.85 bits per heavy atom. The van der Waals surface area contributed by atoms with Crippen molar-refractivity contribution in [1.82, 2.24) is 9.88 Å². The van der Waals surface area contributed by atoms with Crippen molar-refractivity contribution in [2.45, 2.75) is 13.0 Å². The normalized spacial score (nSPS) is 11.8. The molecule has 3 rings (SSSR count). The molecule has 0 aliphatic rings. The van der Waals surface area contributed by atoms with Crippen LogP contribution < -0.4 is 4.74 Å². The highest BCUT2D eigenvalue weighted by molar-refractivity contribution is 7.18. The molecule has 0 aliphatic heterocycles. The number of hydrogen-bond acceptors (Lipinski definition) is 6. The van der Waals surface area contributed by atoms with Gasteiger partial charge in [0.1, 0.15) is 16.3 Å².